The van der Waals surface area contributed by atoms with E-state index in [4.69, 9.17) is 5.73 Å². The number of benzene rings is 1. The minimum atomic E-state index is -3.56. The lowest BCUT2D eigenvalue weighted by Gasteiger charge is -2.31. The van der Waals surface area contributed by atoms with E-state index in [1.165, 1.54) is 22.5 Å². The van der Waals surface area contributed by atoms with Crippen molar-refractivity contribution in [2.45, 2.75) is 24.7 Å². The van der Waals surface area contributed by atoms with Crippen LogP contribution in [0.5, 0.6) is 0 Å². The van der Waals surface area contributed by atoms with E-state index in [9.17, 15) is 13.2 Å². The fraction of sp³-hybridized carbons (Fsp3) is 0.533. The number of halogens is 1. The van der Waals surface area contributed by atoms with Gasteiger partial charge in [-0.05, 0) is 50.0 Å². The molecular weight excluding hydrogens is 338 g/mol. The Bertz CT molecular complexity index is 629. The van der Waals surface area contributed by atoms with Gasteiger partial charge in [-0.2, -0.15) is 4.31 Å². The number of carbonyl (C=O) groups is 1. The number of hydrogen-bond acceptors (Lipinski definition) is 4. The maximum Gasteiger partial charge on any atom is 0.248 e. The summed E-state index contributed by atoms with van der Waals surface area (Å²) in [6.45, 7) is 4.95. The van der Waals surface area contributed by atoms with Crippen LogP contribution in [0.25, 0.3) is 0 Å². The number of nitrogens with two attached hydrogens (primary N) is 1. The van der Waals surface area contributed by atoms with E-state index in [0.29, 0.717) is 19.0 Å². The number of nitrogens with one attached hydrogen (secondary N) is 1. The Morgan fingerprint density at radius 1 is 1.35 bits per heavy atom. The molecule has 0 saturated carbocycles. The normalized spacial score (nSPS) is 16.7. The summed E-state index contributed by atoms with van der Waals surface area (Å²) >= 11 is 0. The van der Waals surface area contributed by atoms with Crippen LogP contribution in [0, 0.1) is 5.92 Å². The Hall–Kier alpha value is -1.15. The summed E-state index contributed by atoms with van der Waals surface area (Å²) in [6, 6.07) is 5.92. The molecule has 1 aromatic carbocycles. The van der Waals surface area contributed by atoms with Crippen molar-refractivity contribution in [3.63, 3.8) is 0 Å². The Morgan fingerprint density at radius 2 is 2.00 bits per heavy atom. The van der Waals surface area contributed by atoms with Crippen LogP contribution in [-0.2, 0) is 10.0 Å². The van der Waals surface area contributed by atoms with E-state index in [1.54, 1.807) is 6.07 Å². The summed E-state index contributed by atoms with van der Waals surface area (Å²) < 4.78 is 26.8. The van der Waals surface area contributed by atoms with Gasteiger partial charge in [0.2, 0.25) is 15.9 Å². The van der Waals surface area contributed by atoms with Gasteiger partial charge >= 0.3 is 0 Å². The predicted molar refractivity (Wildman–Crippen MR) is 92.2 cm³/mol. The van der Waals surface area contributed by atoms with Gasteiger partial charge in [-0.25, -0.2) is 8.42 Å². The molecule has 0 unspecified atom stereocenters. The highest BCUT2D eigenvalue weighted by Crippen LogP contribution is 2.24. The molecule has 0 atom stereocenters. The molecule has 3 N–H and O–H groups in total. The number of nitrogens with zero attached hydrogens (tertiary/aromatic N) is 1. The Kier molecular flexibility index (Phi) is 7.47. The zero-order chi connectivity index (χ0) is 16.2. The third-order valence-corrected chi connectivity index (χ3v) is 5.91. The van der Waals surface area contributed by atoms with Gasteiger partial charge in [-0.15, -0.1) is 12.4 Å². The molecule has 1 saturated heterocycles. The fourth-order valence-electron chi connectivity index (χ4n) is 2.66. The average Bonchev–Trinajstić information content (AvgIpc) is 2.53. The second-order valence-electron chi connectivity index (χ2n) is 5.55. The van der Waals surface area contributed by atoms with Crippen LogP contribution in [0.4, 0.5) is 0 Å². The smallest absolute Gasteiger partial charge is 0.248 e. The molecule has 8 heteroatoms. The number of amides is 1. The second-order valence-corrected chi connectivity index (χ2v) is 7.49. The molecule has 0 aliphatic carbocycles. The SMILES string of the molecule is CCNCC1CCN(S(=O)(=O)c2cccc(C(N)=O)c2)CC1.Cl. The van der Waals surface area contributed by atoms with Crippen LogP contribution in [0.1, 0.15) is 30.1 Å². The first-order valence-electron chi connectivity index (χ1n) is 7.56. The quantitative estimate of drug-likeness (QED) is 0.796. The third kappa shape index (κ3) is 4.91. The molecular formula is C15H24ClN3O3S. The maximum atomic E-state index is 12.6. The molecule has 0 aromatic heterocycles. The summed E-state index contributed by atoms with van der Waals surface area (Å²) in [4.78, 5) is 11.3. The van der Waals surface area contributed by atoms with Crippen molar-refractivity contribution in [3.8, 4) is 0 Å². The predicted octanol–water partition coefficient (Wildman–Crippen LogP) is 1.22. The average molecular weight is 362 g/mol. The number of carbonyl (C=O) groups excluding carboxylic acids is 1. The summed E-state index contributed by atoms with van der Waals surface area (Å²) in [5, 5.41) is 3.30. The molecule has 1 heterocycles. The maximum absolute atomic E-state index is 12.6. The van der Waals surface area contributed by atoms with Crippen LogP contribution >= 0.6 is 12.4 Å². The Balaban J connectivity index is 0.00000264. The van der Waals surface area contributed by atoms with E-state index in [1.807, 2.05) is 0 Å². The summed E-state index contributed by atoms with van der Waals surface area (Å²) in [7, 11) is -3.56. The van der Waals surface area contributed by atoms with Crippen LogP contribution < -0.4 is 11.1 Å². The molecule has 1 aliphatic rings. The van der Waals surface area contributed by atoms with Gasteiger partial charge in [0, 0.05) is 18.7 Å². The highest BCUT2D eigenvalue weighted by molar-refractivity contribution is 7.89. The van der Waals surface area contributed by atoms with Crippen LogP contribution in [0.15, 0.2) is 29.2 Å². The molecule has 130 valence electrons. The molecule has 2 rings (SSSR count). The highest BCUT2D eigenvalue weighted by Gasteiger charge is 2.29. The second kappa shape index (κ2) is 8.63. The number of primary amides is 1. The number of hydrogen-bond donors (Lipinski definition) is 2. The van der Waals surface area contributed by atoms with Crippen molar-refractivity contribution >= 4 is 28.3 Å². The van der Waals surface area contributed by atoms with Crippen LogP contribution in [0.3, 0.4) is 0 Å². The van der Waals surface area contributed by atoms with Gasteiger partial charge in [0.25, 0.3) is 0 Å². The summed E-state index contributed by atoms with van der Waals surface area (Å²) in [6.07, 6.45) is 1.70. The molecule has 0 bridgehead atoms. The standard InChI is InChI=1S/C15H23N3O3S.ClH/c1-2-17-11-12-6-8-18(9-7-12)22(20,21)14-5-3-4-13(10-14)15(16)19;/h3-5,10,12,17H,2,6-9,11H2,1H3,(H2,16,19);1H. The first-order valence-corrected chi connectivity index (χ1v) is 9.00. The number of rotatable bonds is 6. The molecule has 0 radical (unpaired) electrons. The van der Waals surface area contributed by atoms with Crippen LogP contribution in [-0.4, -0.2) is 44.8 Å². The van der Waals surface area contributed by atoms with Gasteiger partial charge in [-0.3, -0.25) is 4.79 Å². The zero-order valence-electron chi connectivity index (χ0n) is 13.2. The van der Waals surface area contributed by atoms with Crippen molar-refractivity contribution in [3.05, 3.63) is 29.8 Å². The molecule has 23 heavy (non-hydrogen) atoms. The molecule has 1 amide bonds. The van der Waals surface area contributed by atoms with E-state index in [0.717, 1.165) is 25.9 Å². The minimum Gasteiger partial charge on any atom is -0.366 e. The van der Waals surface area contributed by atoms with E-state index >= 15 is 0 Å². The molecule has 1 aliphatic heterocycles. The summed E-state index contributed by atoms with van der Waals surface area (Å²) in [5.41, 5.74) is 5.43. The van der Waals surface area contributed by atoms with Crippen molar-refractivity contribution in [2.75, 3.05) is 26.2 Å². The molecule has 1 fully saturated rings. The topological polar surface area (TPSA) is 92.5 Å². The lowest BCUT2D eigenvalue weighted by Crippen LogP contribution is -2.40. The summed E-state index contributed by atoms with van der Waals surface area (Å²) in [5.74, 6) is -0.107. The van der Waals surface area contributed by atoms with E-state index in [-0.39, 0.29) is 22.9 Å². The minimum absolute atomic E-state index is 0. The van der Waals surface area contributed by atoms with Crippen LogP contribution in [0.2, 0.25) is 0 Å². The number of piperidine rings is 1. The Morgan fingerprint density at radius 3 is 2.57 bits per heavy atom. The first-order chi connectivity index (χ1) is 10.4. The zero-order valence-corrected chi connectivity index (χ0v) is 14.8. The largest absolute Gasteiger partial charge is 0.366 e. The van der Waals surface area contributed by atoms with Gasteiger partial charge in [0.1, 0.15) is 0 Å². The van der Waals surface area contributed by atoms with Gasteiger partial charge in [0.15, 0.2) is 0 Å². The number of sulfonamides is 1. The van der Waals surface area contributed by atoms with Crippen molar-refractivity contribution in [1.82, 2.24) is 9.62 Å². The monoisotopic (exact) mass is 361 g/mol. The van der Waals surface area contributed by atoms with Crippen molar-refractivity contribution in [1.29, 1.82) is 0 Å². The Labute approximate surface area is 143 Å². The van der Waals surface area contributed by atoms with Crippen molar-refractivity contribution in [2.24, 2.45) is 11.7 Å². The molecule has 1 aromatic rings. The van der Waals surface area contributed by atoms with Gasteiger partial charge < -0.3 is 11.1 Å². The highest BCUT2D eigenvalue weighted by atomic mass is 35.5. The first kappa shape index (κ1) is 19.9. The van der Waals surface area contributed by atoms with E-state index in [2.05, 4.69) is 12.2 Å². The molecule has 6 nitrogen and oxygen atoms in total. The van der Waals surface area contributed by atoms with Gasteiger partial charge in [0.05, 0.1) is 4.90 Å². The van der Waals surface area contributed by atoms with Crippen molar-refractivity contribution < 1.29 is 13.2 Å². The lowest BCUT2D eigenvalue weighted by molar-refractivity contribution is 0.1000. The van der Waals surface area contributed by atoms with E-state index < -0.39 is 15.9 Å². The van der Waals surface area contributed by atoms with Gasteiger partial charge in [-0.1, -0.05) is 13.0 Å². The lowest BCUT2D eigenvalue weighted by atomic mass is 9.98. The molecule has 0 spiro atoms. The fourth-order valence-corrected chi connectivity index (χ4v) is 4.18. The third-order valence-electron chi connectivity index (χ3n) is 4.01.